The summed E-state index contributed by atoms with van der Waals surface area (Å²) in [4.78, 5) is 0. The van der Waals surface area contributed by atoms with Crippen molar-refractivity contribution in [2.75, 3.05) is 0 Å². The first-order valence-electron chi connectivity index (χ1n) is 2.08. The molecule has 0 aliphatic heterocycles. The lowest BCUT2D eigenvalue weighted by atomic mass is 10.4. The molecule has 0 aromatic rings. The van der Waals surface area contributed by atoms with Gasteiger partial charge >= 0.3 is 0 Å². The Kier molecular flexibility index (Phi) is 2.60. The molecule has 0 spiro atoms. The van der Waals surface area contributed by atoms with Gasteiger partial charge in [0.1, 0.15) is 5.16 Å². The van der Waals surface area contributed by atoms with Crippen molar-refractivity contribution in [3.8, 4) is 0 Å². The fourth-order valence-electron chi connectivity index (χ4n) is 0.169. The minimum Gasteiger partial charge on any atom is -0.400 e. The van der Waals surface area contributed by atoms with E-state index in [9.17, 15) is 0 Å². The molecule has 3 heteroatoms. The molecule has 0 radical (unpaired) electrons. The van der Waals surface area contributed by atoms with Crippen LogP contribution in [0.25, 0.3) is 0 Å². The van der Waals surface area contributed by atoms with Crippen molar-refractivity contribution >= 4 is 11.6 Å². The molecule has 4 N–H and O–H groups in total. The number of allylic oxidation sites excluding steroid dienone is 1. The number of rotatable bonds is 1. The minimum absolute atomic E-state index is 0.211. The molecule has 0 aliphatic carbocycles. The lowest BCUT2D eigenvalue weighted by Crippen LogP contribution is -2.03. The second-order valence-electron chi connectivity index (χ2n) is 1.23. The maximum absolute atomic E-state index is 5.26. The van der Waals surface area contributed by atoms with Gasteiger partial charge in [-0.05, 0) is 6.42 Å². The van der Waals surface area contributed by atoms with Crippen molar-refractivity contribution in [2.24, 2.45) is 11.5 Å². The van der Waals surface area contributed by atoms with Crippen LogP contribution in [0, 0.1) is 0 Å². The third-order valence-electron chi connectivity index (χ3n) is 0.688. The molecule has 0 rings (SSSR count). The van der Waals surface area contributed by atoms with E-state index in [1.807, 2.05) is 6.92 Å². The maximum atomic E-state index is 5.26. The predicted octanol–water partition coefficient (Wildman–Crippen LogP) is 0.722. The molecule has 0 saturated carbocycles. The van der Waals surface area contributed by atoms with Crippen LogP contribution in [0.1, 0.15) is 13.3 Å². The van der Waals surface area contributed by atoms with E-state index in [0.717, 1.165) is 6.42 Å². The largest absolute Gasteiger partial charge is 0.400 e. The molecule has 0 aliphatic rings. The first-order valence-corrected chi connectivity index (χ1v) is 2.45. The molecule has 0 unspecified atom stereocenters. The second kappa shape index (κ2) is 2.75. The van der Waals surface area contributed by atoms with Crippen LogP contribution >= 0.6 is 11.6 Å². The molecule has 0 aromatic heterocycles. The summed E-state index contributed by atoms with van der Waals surface area (Å²) in [5, 5.41) is 0.211. The average molecular weight is 121 g/mol. The van der Waals surface area contributed by atoms with Crippen molar-refractivity contribution in [1.82, 2.24) is 0 Å². The lowest BCUT2D eigenvalue weighted by molar-refractivity contribution is 1.05. The third-order valence-corrected chi connectivity index (χ3v) is 0.930. The summed E-state index contributed by atoms with van der Waals surface area (Å²) >= 11 is 5.26. The highest BCUT2D eigenvalue weighted by molar-refractivity contribution is 6.29. The van der Waals surface area contributed by atoms with E-state index >= 15 is 0 Å². The van der Waals surface area contributed by atoms with Crippen LogP contribution in [0.3, 0.4) is 0 Å². The minimum atomic E-state index is 0.211. The van der Waals surface area contributed by atoms with Crippen molar-refractivity contribution in [2.45, 2.75) is 13.3 Å². The maximum Gasteiger partial charge on any atom is 0.118 e. The quantitative estimate of drug-likeness (QED) is 0.501. The lowest BCUT2D eigenvalue weighted by Gasteiger charge is -1.92. The van der Waals surface area contributed by atoms with Crippen molar-refractivity contribution in [3.63, 3.8) is 0 Å². The third kappa shape index (κ3) is 2.34. The fraction of sp³-hybridized carbons (Fsp3) is 0.500. The van der Waals surface area contributed by atoms with Gasteiger partial charge in [0.15, 0.2) is 0 Å². The normalized spacial score (nSPS) is 13.4. The van der Waals surface area contributed by atoms with E-state index in [2.05, 4.69) is 0 Å². The SMILES string of the molecule is CC/C(N)=C(/N)Cl. The zero-order valence-corrected chi connectivity index (χ0v) is 5.00. The van der Waals surface area contributed by atoms with Crippen molar-refractivity contribution in [3.05, 3.63) is 10.9 Å². The van der Waals surface area contributed by atoms with E-state index in [-0.39, 0.29) is 5.16 Å². The van der Waals surface area contributed by atoms with E-state index in [0.29, 0.717) is 5.70 Å². The summed E-state index contributed by atoms with van der Waals surface area (Å²) in [7, 11) is 0. The van der Waals surface area contributed by atoms with Gasteiger partial charge < -0.3 is 11.5 Å². The Balaban J connectivity index is 3.72. The molecule has 0 aromatic carbocycles. The van der Waals surface area contributed by atoms with Crippen LogP contribution in [0.2, 0.25) is 0 Å². The van der Waals surface area contributed by atoms with Crippen LogP contribution < -0.4 is 11.5 Å². The molecule has 0 atom stereocenters. The van der Waals surface area contributed by atoms with Crippen LogP contribution in [0.4, 0.5) is 0 Å². The summed E-state index contributed by atoms with van der Waals surface area (Å²) in [5.74, 6) is 0. The summed E-state index contributed by atoms with van der Waals surface area (Å²) in [6.45, 7) is 1.89. The fourth-order valence-corrected chi connectivity index (χ4v) is 0.303. The summed E-state index contributed by atoms with van der Waals surface area (Å²) in [5.41, 5.74) is 10.9. The molecule has 42 valence electrons. The molecular weight excluding hydrogens is 112 g/mol. The summed E-state index contributed by atoms with van der Waals surface area (Å²) < 4.78 is 0. The van der Waals surface area contributed by atoms with Gasteiger partial charge in [-0.2, -0.15) is 0 Å². The molecule has 0 amide bonds. The predicted molar refractivity (Wildman–Crippen MR) is 31.5 cm³/mol. The van der Waals surface area contributed by atoms with E-state index in [4.69, 9.17) is 23.1 Å². The van der Waals surface area contributed by atoms with Gasteiger partial charge in [-0.25, -0.2) is 0 Å². The standard InChI is InChI=1S/C4H9ClN2/c1-2-3(6)4(5)7/h2,6-7H2,1H3/b4-3-. The highest BCUT2D eigenvalue weighted by Crippen LogP contribution is 1.98. The zero-order valence-electron chi connectivity index (χ0n) is 4.24. The van der Waals surface area contributed by atoms with Crippen molar-refractivity contribution in [1.29, 1.82) is 0 Å². The number of nitrogens with two attached hydrogens (primary N) is 2. The van der Waals surface area contributed by atoms with Crippen LogP contribution in [0.5, 0.6) is 0 Å². The number of hydrogen-bond acceptors (Lipinski definition) is 2. The summed E-state index contributed by atoms with van der Waals surface area (Å²) in [6.07, 6.45) is 0.718. The van der Waals surface area contributed by atoms with Gasteiger partial charge in [0.25, 0.3) is 0 Å². The van der Waals surface area contributed by atoms with E-state index in [1.165, 1.54) is 0 Å². The van der Waals surface area contributed by atoms with Gasteiger partial charge in [0.2, 0.25) is 0 Å². The van der Waals surface area contributed by atoms with Gasteiger partial charge in [0, 0.05) is 5.70 Å². The molecule has 2 nitrogen and oxygen atoms in total. The smallest absolute Gasteiger partial charge is 0.118 e. The van der Waals surface area contributed by atoms with Gasteiger partial charge in [-0.3, -0.25) is 0 Å². The summed E-state index contributed by atoms with van der Waals surface area (Å²) in [6, 6.07) is 0. The van der Waals surface area contributed by atoms with Gasteiger partial charge in [0.05, 0.1) is 0 Å². The Morgan fingerprint density at radius 2 is 2.00 bits per heavy atom. The molecule has 7 heavy (non-hydrogen) atoms. The Morgan fingerprint density at radius 1 is 1.57 bits per heavy atom. The molecule has 0 saturated heterocycles. The molecule has 0 bridgehead atoms. The highest BCUT2D eigenvalue weighted by atomic mass is 35.5. The molecular formula is C4H9ClN2. The Morgan fingerprint density at radius 3 is 2.00 bits per heavy atom. The van der Waals surface area contributed by atoms with Gasteiger partial charge in [-0.1, -0.05) is 18.5 Å². The monoisotopic (exact) mass is 120 g/mol. The average Bonchev–Trinajstić information content (AvgIpc) is 1.65. The highest BCUT2D eigenvalue weighted by Gasteiger charge is 1.87. The first kappa shape index (κ1) is 6.63. The van der Waals surface area contributed by atoms with E-state index in [1.54, 1.807) is 0 Å². The molecule has 0 heterocycles. The second-order valence-corrected chi connectivity index (χ2v) is 1.63. The Labute approximate surface area is 48.1 Å². The number of hydrogen-bond donors (Lipinski definition) is 2. The zero-order chi connectivity index (χ0) is 5.86. The topological polar surface area (TPSA) is 52.0 Å². The van der Waals surface area contributed by atoms with Crippen LogP contribution in [0.15, 0.2) is 10.9 Å². The van der Waals surface area contributed by atoms with E-state index < -0.39 is 0 Å². The van der Waals surface area contributed by atoms with Crippen LogP contribution in [-0.4, -0.2) is 0 Å². The van der Waals surface area contributed by atoms with Gasteiger partial charge in [-0.15, -0.1) is 0 Å². The Hall–Kier alpha value is -0.370. The first-order chi connectivity index (χ1) is 3.18. The number of halogens is 1. The van der Waals surface area contributed by atoms with Crippen LogP contribution in [-0.2, 0) is 0 Å². The molecule has 0 fully saturated rings. The van der Waals surface area contributed by atoms with Crippen molar-refractivity contribution < 1.29 is 0 Å². The Bertz CT molecular complexity index is 83.7.